The van der Waals surface area contributed by atoms with Crippen molar-refractivity contribution in [3.05, 3.63) is 17.5 Å². The number of aryl methyl sites for hydroxylation is 1. The predicted octanol–water partition coefficient (Wildman–Crippen LogP) is 1.23. The van der Waals surface area contributed by atoms with Crippen molar-refractivity contribution in [1.29, 1.82) is 0 Å². The standard InChI is InChI=1S/C14H22N4O2/c1-2-5-10-8-12(17-16-10)14(20)18-7-4-3-6-11(18)9-13(15)19/h8,11H,2-7,9H2,1H3,(H2,15,19)(H,16,17). The van der Waals surface area contributed by atoms with E-state index >= 15 is 0 Å². The Morgan fingerprint density at radius 2 is 2.30 bits per heavy atom. The van der Waals surface area contributed by atoms with E-state index in [1.165, 1.54) is 0 Å². The van der Waals surface area contributed by atoms with Gasteiger partial charge in [-0.15, -0.1) is 0 Å². The van der Waals surface area contributed by atoms with Crippen molar-refractivity contribution in [2.24, 2.45) is 5.73 Å². The highest BCUT2D eigenvalue weighted by Gasteiger charge is 2.29. The fourth-order valence-electron chi connectivity index (χ4n) is 2.73. The van der Waals surface area contributed by atoms with Gasteiger partial charge in [0.2, 0.25) is 5.91 Å². The summed E-state index contributed by atoms with van der Waals surface area (Å²) in [5.74, 6) is -0.460. The number of aromatic amines is 1. The number of hydrogen-bond acceptors (Lipinski definition) is 3. The Labute approximate surface area is 118 Å². The van der Waals surface area contributed by atoms with Gasteiger partial charge in [0.25, 0.3) is 5.91 Å². The fraction of sp³-hybridized carbons (Fsp3) is 0.643. The predicted molar refractivity (Wildman–Crippen MR) is 75.1 cm³/mol. The van der Waals surface area contributed by atoms with Crippen LogP contribution in [0.4, 0.5) is 0 Å². The molecule has 1 aromatic rings. The van der Waals surface area contributed by atoms with E-state index < -0.39 is 0 Å². The molecule has 0 radical (unpaired) electrons. The van der Waals surface area contributed by atoms with Crippen molar-refractivity contribution in [2.75, 3.05) is 6.54 Å². The smallest absolute Gasteiger partial charge is 0.274 e. The highest BCUT2D eigenvalue weighted by atomic mass is 16.2. The highest BCUT2D eigenvalue weighted by Crippen LogP contribution is 2.21. The summed E-state index contributed by atoms with van der Waals surface area (Å²) in [6.45, 7) is 2.75. The van der Waals surface area contributed by atoms with E-state index in [9.17, 15) is 9.59 Å². The summed E-state index contributed by atoms with van der Waals surface area (Å²) < 4.78 is 0. The van der Waals surface area contributed by atoms with E-state index in [1.54, 1.807) is 4.90 Å². The number of piperidine rings is 1. The number of carbonyl (C=O) groups is 2. The van der Waals surface area contributed by atoms with Gasteiger partial charge in [-0.05, 0) is 31.7 Å². The Hall–Kier alpha value is -1.85. The van der Waals surface area contributed by atoms with Crippen LogP contribution >= 0.6 is 0 Å². The van der Waals surface area contributed by atoms with Crippen LogP contribution in [0.2, 0.25) is 0 Å². The Bertz CT molecular complexity index is 483. The number of nitrogens with two attached hydrogens (primary N) is 1. The number of nitrogens with zero attached hydrogens (tertiary/aromatic N) is 2. The highest BCUT2D eigenvalue weighted by molar-refractivity contribution is 5.93. The summed E-state index contributed by atoms with van der Waals surface area (Å²) in [4.78, 5) is 25.4. The first-order valence-electron chi connectivity index (χ1n) is 7.25. The van der Waals surface area contributed by atoms with Crippen molar-refractivity contribution in [2.45, 2.75) is 51.5 Å². The van der Waals surface area contributed by atoms with Gasteiger partial charge >= 0.3 is 0 Å². The Balaban J connectivity index is 2.09. The first-order valence-corrected chi connectivity index (χ1v) is 7.25. The number of carbonyl (C=O) groups excluding carboxylic acids is 2. The molecular formula is C14H22N4O2. The number of amides is 2. The third-order valence-electron chi connectivity index (χ3n) is 3.69. The maximum Gasteiger partial charge on any atom is 0.274 e. The van der Waals surface area contributed by atoms with Crippen LogP contribution in [0.3, 0.4) is 0 Å². The van der Waals surface area contributed by atoms with Crippen LogP contribution in [0.25, 0.3) is 0 Å². The number of primary amides is 1. The lowest BCUT2D eigenvalue weighted by molar-refractivity contribution is -0.119. The van der Waals surface area contributed by atoms with E-state index in [-0.39, 0.29) is 24.3 Å². The second kappa shape index (κ2) is 6.54. The molecule has 1 aliphatic rings. The normalized spacial score (nSPS) is 19.1. The zero-order chi connectivity index (χ0) is 14.5. The van der Waals surface area contributed by atoms with Crippen LogP contribution in [0.1, 0.15) is 55.2 Å². The third kappa shape index (κ3) is 3.37. The quantitative estimate of drug-likeness (QED) is 0.848. The van der Waals surface area contributed by atoms with Crippen molar-refractivity contribution >= 4 is 11.8 Å². The monoisotopic (exact) mass is 278 g/mol. The maximum atomic E-state index is 12.5. The number of rotatable bonds is 5. The summed E-state index contributed by atoms with van der Waals surface area (Å²) in [5, 5.41) is 6.98. The van der Waals surface area contributed by atoms with Crippen molar-refractivity contribution in [3.63, 3.8) is 0 Å². The second-order valence-electron chi connectivity index (χ2n) is 5.35. The minimum atomic E-state index is -0.358. The van der Waals surface area contributed by atoms with E-state index in [0.717, 1.165) is 37.8 Å². The minimum Gasteiger partial charge on any atom is -0.370 e. The van der Waals surface area contributed by atoms with E-state index in [2.05, 4.69) is 17.1 Å². The molecule has 0 saturated carbocycles. The first-order chi connectivity index (χ1) is 9.61. The summed E-state index contributed by atoms with van der Waals surface area (Å²) in [5.41, 5.74) is 6.68. The SMILES string of the molecule is CCCc1cc(C(=O)N2CCCCC2CC(N)=O)n[nH]1. The Morgan fingerprint density at radius 3 is 3.00 bits per heavy atom. The fourth-order valence-corrected chi connectivity index (χ4v) is 2.73. The van der Waals surface area contributed by atoms with Crippen LogP contribution < -0.4 is 5.73 Å². The van der Waals surface area contributed by atoms with Gasteiger partial charge in [-0.25, -0.2) is 0 Å². The zero-order valence-electron chi connectivity index (χ0n) is 11.9. The van der Waals surface area contributed by atoms with E-state index in [0.29, 0.717) is 12.2 Å². The van der Waals surface area contributed by atoms with Crippen molar-refractivity contribution in [1.82, 2.24) is 15.1 Å². The molecule has 1 aromatic heterocycles. The molecule has 2 heterocycles. The molecule has 0 aromatic carbocycles. The molecule has 1 fully saturated rings. The van der Waals surface area contributed by atoms with Gasteiger partial charge < -0.3 is 10.6 Å². The van der Waals surface area contributed by atoms with Gasteiger partial charge in [-0.1, -0.05) is 13.3 Å². The average Bonchev–Trinajstić information content (AvgIpc) is 2.87. The molecule has 2 rings (SSSR count). The number of likely N-dealkylation sites (tertiary alicyclic amines) is 1. The summed E-state index contributed by atoms with van der Waals surface area (Å²) >= 11 is 0. The summed E-state index contributed by atoms with van der Waals surface area (Å²) in [7, 11) is 0. The van der Waals surface area contributed by atoms with E-state index in [1.807, 2.05) is 6.07 Å². The number of H-pyrrole nitrogens is 1. The van der Waals surface area contributed by atoms with Crippen LogP contribution in [0.5, 0.6) is 0 Å². The van der Waals surface area contributed by atoms with Gasteiger partial charge in [0.05, 0.1) is 0 Å². The number of nitrogens with one attached hydrogen (secondary N) is 1. The second-order valence-corrected chi connectivity index (χ2v) is 5.35. The molecule has 2 amide bonds. The lowest BCUT2D eigenvalue weighted by Crippen LogP contribution is -2.45. The molecule has 20 heavy (non-hydrogen) atoms. The number of hydrogen-bond donors (Lipinski definition) is 2. The van der Waals surface area contributed by atoms with Gasteiger partial charge in [0.1, 0.15) is 5.69 Å². The Morgan fingerprint density at radius 1 is 1.50 bits per heavy atom. The van der Waals surface area contributed by atoms with Crippen LogP contribution in [-0.2, 0) is 11.2 Å². The summed E-state index contributed by atoms with van der Waals surface area (Å²) in [6.07, 6.45) is 4.95. The molecule has 0 aliphatic carbocycles. The lowest BCUT2D eigenvalue weighted by atomic mass is 9.98. The first kappa shape index (κ1) is 14.6. The minimum absolute atomic E-state index is 0.0833. The van der Waals surface area contributed by atoms with Crippen molar-refractivity contribution in [3.8, 4) is 0 Å². The van der Waals surface area contributed by atoms with Gasteiger partial charge in [0.15, 0.2) is 0 Å². The van der Waals surface area contributed by atoms with Crippen LogP contribution in [0.15, 0.2) is 6.07 Å². The molecule has 1 aliphatic heterocycles. The van der Waals surface area contributed by atoms with Crippen LogP contribution in [-0.4, -0.2) is 39.5 Å². The number of aromatic nitrogens is 2. The van der Waals surface area contributed by atoms with Gasteiger partial charge in [-0.2, -0.15) is 5.10 Å². The molecule has 6 nitrogen and oxygen atoms in total. The molecular weight excluding hydrogens is 256 g/mol. The largest absolute Gasteiger partial charge is 0.370 e. The topological polar surface area (TPSA) is 92.1 Å². The molecule has 110 valence electrons. The van der Waals surface area contributed by atoms with Gasteiger partial charge in [0, 0.05) is 24.7 Å². The molecule has 1 saturated heterocycles. The maximum absolute atomic E-state index is 12.5. The molecule has 3 N–H and O–H groups in total. The zero-order valence-corrected chi connectivity index (χ0v) is 11.9. The molecule has 1 atom stereocenters. The molecule has 1 unspecified atom stereocenters. The lowest BCUT2D eigenvalue weighted by Gasteiger charge is -2.34. The van der Waals surface area contributed by atoms with Crippen molar-refractivity contribution < 1.29 is 9.59 Å². The Kier molecular flexibility index (Phi) is 4.76. The average molecular weight is 278 g/mol. The van der Waals surface area contributed by atoms with Crippen LogP contribution in [0, 0.1) is 0 Å². The van der Waals surface area contributed by atoms with E-state index in [4.69, 9.17) is 5.73 Å². The molecule has 0 bridgehead atoms. The molecule has 0 spiro atoms. The third-order valence-corrected chi connectivity index (χ3v) is 3.69. The summed E-state index contributed by atoms with van der Waals surface area (Å²) in [6, 6.07) is 1.72. The molecule has 6 heteroatoms. The van der Waals surface area contributed by atoms with Gasteiger partial charge in [-0.3, -0.25) is 14.7 Å².